The lowest BCUT2D eigenvalue weighted by Crippen LogP contribution is -2.51. The van der Waals surface area contributed by atoms with Crippen LogP contribution in [0.4, 0.5) is 4.39 Å². The van der Waals surface area contributed by atoms with Crippen molar-refractivity contribution in [2.24, 2.45) is 5.73 Å². The molecule has 1 heterocycles. The third-order valence-electron chi connectivity index (χ3n) is 3.71. The first-order valence-electron chi connectivity index (χ1n) is 7.02. The summed E-state index contributed by atoms with van der Waals surface area (Å²) in [6.07, 6.45) is 0.419. The lowest BCUT2D eigenvalue weighted by atomic mass is 10.2. The molecule has 0 spiro atoms. The molecule has 7 heteroatoms. The third kappa shape index (κ3) is 3.26. The molecule has 118 valence electrons. The van der Waals surface area contributed by atoms with Gasteiger partial charge < -0.3 is 10.5 Å². The van der Waals surface area contributed by atoms with Crippen molar-refractivity contribution >= 4 is 10.0 Å². The van der Waals surface area contributed by atoms with Crippen LogP contribution in [0, 0.1) is 5.82 Å². The summed E-state index contributed by atoms with van der Waals surface area (Å²) in [4.78, 5) is -0.299. The summed E-state index contributed by atoms with van der Waals surface area (Å²) in [6.45, 7) is 4.43. The molecule has 0 aromatic heterocycles. The molecule has 21 heavy (non-hydrogen) atoms. The van der Waals surface area contributed by atoms with Gasteiger partial charge >= 0.3 is 0 Å². The first kappa shape index (κ1) is 16.4. The Labute approximate surface area is 124 Å². The van der Waals surface area contributed by atoms with Crippen LogP contribution in [0.15, 0.2) is 23.1 Å². The first-order valence-corrected chi connectivity index (χ1v) is 8.46. The number of nitrogens with two attached hydrogens (primary N) is 1. The van der Waals surface area contributed by atoms with Gasteiger partial charge in [-0.1, -0.05) is 13.0 Å². The van der Waals surface area contributed by atoms with Gasteiger partial charge in [0.15, 0.2) is 0 Å². The minimum absolute atomic E-state index is 0.170. The van der Waals surface area contributed by atoms with E-state index in [1.54, 1.807) is 6.07 Å². The topological polar surface area (TPSA) is 72.6 Å². The van der Waals surface area contributed by atoms with Gasteiger partial charge in [-0.2, -0.15) is 4.31 Å². The van der Waals surface area contributed by atoms with Crippen LogP contribution in [0.2, 0.25) is 0 Å². The number of hydrogen-bond donors (Lipinski definition) is 1. The summed E-state index contributed by atoms with van der Waals surface area (Å²) < 4.78 is 46.4. The molecule has 2 atom stereocenters. The van der Waals surface area contributed by atoms with Crippen LogP contribution >= 0.6 is 0 Å². The van der Waals surface area contributed by atoms with Gasteiger partial charge in [0.25, 0.3) is 0 Å². The van der Waals surface area contributed by atoms with Crippen LogP contribution in [0.1, 0.15) is 25.8 Å². The normalized spacial score (nSPS) is 24.2. The molecule has 5 nitrogen and oxygen atoms in total. The zero-order valence-electron chi connectivity index (χ0n) is 12.3. The van der Waals surface area contributed by atoms with Crippen molar-refractivity contribution in [3.63, 3.8) is 0 Å². The number of sulfonamides is 1. The highest BCUT2D eigenvalue weighted by Gasteiger charge is 2.36. The van der Waals surface area contributed by atoms with Gasteiger partial charge in [0.1, 0.15) is 10.7 Å². The monoisotopic (exact) mass is 316 g/mol. The van der Waals surface area contributed by atoms with Crippen LogP contribution in [-0.2, 0) is 21.3 Å². The molecule has 0 bridgehead atoms. The zero-order valence-corrected chi connectivity index (χ0v) is 13.1. The molecule has 0 saturated carbocycles. The Morgan fingerprint density at radius 3 is 2.76 bits per heavy atom. The van der Waals surface area contributed by atoms with E-state index < -0.39 is 15.8 Å². The van der Waals surface area contributed by atoms with Gasteiger partial charge in [-0.05, 0) is 31.0 Å². The van der Waals surface area contributed by atoms with E-state index in [-0.39, 0.29) is 30.1 Å². The summed E-state index contributed by atoms with van der Waals surface area (Å²) in [5.41, 5.74) is 6.00. The van der Waals surface area contributed by atoms with Gasteiger partial charge in [0.05, 0.1) is 12.7 Å². The van der Waals surface area contributed by atoms with Crippen molar-refractivity contribution in [3.05, 3.63) is 29.6 Å². The smallest absolute Gasteiger partial charge is 0.246 e. The van der Waals surface area contributed by atoms with Crippen LogP contribution in [0.5, 0.6) is 0 Å². The van der Waals surface area contributed by atoms with Gasteiger partial charge in [-0.15, -0.1) is 0 Å². The quantitative estimate of drug-likeness (QED) is 0.913. The maximum atomic E-state index is 14.1. The molecule has 1 fully saturated rings. The fourth-order valence-electron chi connectivity index (χ4n) is 2.44. The number of halogens is 1. The first-order chi connectivity index (χ1) is 9.90. The molecular formula is C14H21FN2O3S. The van der Waals surface area contributed by atoms with Gasteiger partial charge in [0.2, 0.25) is 10.0 Å². The average Bonchev–Trinajstić information content (AvgIpc) is 2.46. The predicted molar refractivity (Wildman–Crippen MR) is 77.7 cm³/mol. The number of benzene rings is 1. The molecule has 1 aromatic rings. The lowest BCUT2D eigenvalue weighted by Gasteiger charge is -2.37. The summed E-state index contributed by atoms with van der Waals surface area (Å²) >= 11 is 0. The van der Waals surface area contributed by atoms with Crippen molar-refractivity contribution in [1.29, 1.82) is 0 Å². The Hall–Kier alpha value is -1.02. The molecule has 1 saturated heterocycles. The molecule has 0 radical (unpaired) electrons. The highest BCUT2D eigenvalue weighted by atomic mass is 32.2. The molecule has 1 aliphatic heterocycles. The number of rotatable bonds is 4. The third-order valence-corrected chi connectivity index (χ3v) is 5.66. The van der Waals surface area contributed by atoms with Crippen LogP contribution in [0.25, 0.3) is 0 Å². The molecule has 0 amide bonds. The van der Waals surface area contributed by atoms with Crippen molar-refractivity contribution in [1.82, 2.24) is 4.31 Å². The van der Waals surface area contributed by atoms with E-state index in [4.69, 9.17) is 10.5 Å². The molecule has 0 aliphatic carbocycles. The number of hydrogen-bond acceptors (Lipinski definition) is 4. The average molecular weight is 316 g/mol. The molecular weight excluding hydrogens is 295 g/mol. The molecule has 1 aliphatic rings. The van der Waals surface area contributed by atoms with Crippen molar-refractivity contribution < 1.29 is 17.5 Å². The van der Waals surface area contributed by atoms with Gasteiger partial charge in [-0.3, -0.25) is 0 Å². The largest absolute Gasteiger partial charge is 0.375 e. The number of morpholine rings is 1. The standard InChI is InChI=1S/C14H21FN2O3S/c1-3-12-9-20-10(2)8-17(12)21(18,19)14-5-4-11(7-16)6-13(14)15/h4-6,10,12H,3,7-9,16H2,1-2H3. The highest BCUT2D eigenvalue weighted by Crippen LogP contribution is 2.26. The van der Waals surface area contributed by atoms with Crippen molar-refractivity contribution in [2.45, 2.75) is 43.9 Å². The highest BCUT2D eigenvalue weighted by molar-refractivity contribution is 7.89. The SMILES string of the molecule is CCC1COC(C)CN1S(=O)(=O)c1ccc(CN)cc1F. The maximum Gasteiger partial charge on any atom is 0.246 e. The van der Waals surface area contributed by atoms with Crippen molar-refractivity contribution in [3.8, 4) is 0 Å². The summed E-state index contributed by atoms with van der Waals surface area (Å²) in [5.74, 6) is -0.757. The fraction of sp³-hybridized carbons (Fsp3) is 0.571. The van der Waals surface area contributed by atoms with E-state index in [0.29, 0.717) is 18.6 Å². The number of nitrogens with zero attached hydrogens (tertiary/aromatic N) is 1. The second-order valence-electron chi connectivity index (χ2n) is 5.25. The molecule has 2 unspecified atom stereocenters. The molecule has 2 rings (SSSR count). The Balaban J connectivity index is 2.40. The van der Waals surface area contributed by atoms with E-state index in [1.165, 1.54) is 16.4 Å². The Kier molecular flexibility index (Phi) is 4.98. The summed E-state index contributed by atoms with van der Waals surface area (Å²) in [7, 11) is -3.87. The Morgan fingerprint density at radius 1 is 1.48 bits per heavy atom. The minimum Gasteiger partial charge on any atom is -0.375 e. The Bertz CT molecular complexity index is 606. The Morgan fingerprint density at radius 2 is 2.19 bits per heavy atom. The van der Waals surface area contributed by atoms with Gasteiger partial charge in [-0.25, -0.2) is 12.8 Å². The fourth-order valence-corrected chi connectivity index (χ4v) is 4.24. The maximum absolute atomic E-state index is 14.1. The van der Waals surface area contributed by atoms with Crippen molar-refractivity contribution in [2.75, 3.05) is 13.2 Å². The number of ether oxygens (including phenoxy) is 1. The zero-order chi connectivity index (χ0) is 15.6. The summed E-state index contributed by atoms with van der Waals surface area (Å²) in [6, 6.07) is 3.75. The van der Waals surface area contributed by atoms with E-state index in [0.717, 1.165) is 0 Å². The lowest BCUT2D eigenvalue weighted by molar-refractivity contribution is -0.0231. The van der Waals surface area contributed by atoms with E-state index >= 15 is 0 Å². The molecule has 2 N–H and O–H groups in total. The van der Waals surface area contributed by atoms with Gasteiger partial charge in [0, 0.05) is 19.1 Å². The molecule has 1 aromatic carbocycles. The predicted octanol–water partition coefficient (Wildman–Crippen LogP) is 1.47. The van der Waals surface area contributed by atoms with E-state index in [9.17, 15) is 12.8 Å². The van der Waals surface area contributed by atoms with Crippen LogP contribution < -0.4 is 5.73 Å². The van der Waals surface area contributed by atoms with E-state index in [2.05, 4.69) is 0 Å². The van der Waals surface area contributed by atoms with E-state index in [1.807, 2.05) is 13.8 Å². The van der Waals surface area contributed by atoms with Crippen LogP contribution in [-0.4, -0.2) is 38.0 Å². The van der Waals surface area contributed by atoms with Crippen LogP contribution in [0.3, 0.4) is 0 Å². The summed E-state index contributed by atoms with van der Waals surface area (Å²) in [5, 5.41) is 0. The minimum atomic E-state index is -3.87. The second-order valence-corrected chi connectivity index (χ2v) is 7.11. The second kappa shape index (κ2) is 6.39.